The standard InChI is InChI=1S/C26H29N3O2/c1-17-12-20-13-21(15-28(3)4)29(16-30)25(20)14-24(17)26(31)27-18(2)22-11-7-9-19-8-5-6-10-23(19)22/h5-14,18,30H,15-16H2,1-4H3,(H,27,31)/t18-/m1/s1. The van der Waals surface area contributed by atoms with E-state index in [4.69, 9.17) is 0 Å². The molecule has 160 valence electrons. The van der Waals surface area contributed by atoms with Gasteiger partial charge in [-0.05, 0) is 68.0 Å². The molecule has 5 heteroatoms. The number of fused-ring (bicyclic) bond motifs is 2. The molecule has 0 aliphatic heterocycles. The summed E-state index contributed by atoms with van der Waals surface area (Å²) in [4.78, 5) is 15.3. The number of hydrogen-bond donors (Lipinski definition) is 2. The Balaban J connectivity index is 1.67. The zero-order chi connectivity index (χ0) is 22.1. The first-order valence-corrected chi connectivity index (χ1v) is 10.6. The van der Waals surface area contributed by atoms with Gasteiger partial charge in [0.25, 0.3) is 5.91 Å². The number of carbonyl (C=O) groups is 1. The molecule has 1 heterocycles. The van der Waals surface area contributed by atoms with Gasteiger partial charge in [0.15, 0.2) is 0 Å². The van der Waals surface area contributed by atoms with Gasteiger partial charge in [-0.25, -0.2) is 0 Å². The van der Waals surface area contributed by atoms with E-state index in [0.717, 1.165) is 38.5 Å². The lowest BCUT2D eigenvalue weighted by molar-refractivity contribution is 0.0939. The predicted molar refractivity (Wildman–Crippen MR) is 126 cm³/mol. The van der Waals surface area contributed by atoms with Gasteiger partial charge < -0.3 is 19.9 Å². The van der Waals surface area contributed by atoms with E-state index in [1.807, 2.05) is 62.8 Å². The molecule has 4 aromatic rings. The second-order valence-electron chi connectivity index (χ2n) is 8.43. The van der Waals surface area contributed by atoms with Gasteiger partial charge in [0.1, 0.15) is 6.73 Å². The number of aromatic nitrogens is 1. The lowest BCUT2D eigenvalue weighted by atomic mass is 9.99. The minimum atomic E-state index is -0.136. The molecule has 0 unspecified atom stereocenters. The Morgan fingerprint density at radius 1 is 1.06 bits per heavy atom. The van der Waals surface area contributed by atoms with E-state index < -0.39 is 0 Å². The number of amides is 1. The molecule has 1 amide bonds. The summed E-state index contributed by atoms with van der Waals surface area (Å²) in [6.07, 6.45) is 0. The number of nitrogens with one attached hydrogen (secondary N) is 1. The SMILES string of the molecule is Cc1cc2cc(CN(C)C)n(CO)c2cc1C(=O)N[C@H](C)c1cccc2ccccc12. The van der Waals surface area contributed by atoms with Crippen LogP contribution in [-0.4, -0.2) is 34.6 Å². The number of hydrogen-bond acceptors (Lipinski definition) is 3. The Morgan fingerprint density at radius 2 is 1.81 bits per heavy atom. The second-order valence-corrected chi connectivity index (χ2v) is 8.43. The first-order valence-electron chi connectivity index (χ1n) is 10.6. The highest BCUT2D eigenvalue weighted by Gasteiger charge is 2.18. The Kier molecular flexibility index (Phi) is 5.81. The van der Waals surface area contributed by atoms with Crippen LogP contribution in [0.2, 0.25) is 0 Å². The van der Waals surface area contributed by atoms with Crippen LogP contribution in [0.5, 0.6) is 0 Å². The van der Waals surface area contributed by atoms with Gasteiger partial charge in [0.2, 0.25) is 0 Å². The highest BCUT2D eigenvalue weighted by atomic mass is 16.3. The number of rotatable bonds is 6. The maximum atomic E-state index is 13.2. The smallest absolute Gasteiger partial charge is 0.252 e. The molecule has 0 saturated carbocycles. The van der Waals surface area contributed by atoms with Crippen molar-refractivity contribution in [3.8, 4) is 0 Å². The molecule has 0 fully saturated rings. The topological polar surface area (TPSA) is 57.5 Å². The molecular formula is C26H29N3O2. The largest absolute Gasteiger partial charge is 0.376 e. The molecule has 1 aromatic heterocycles. The van der Waals surface area contributed by atoms with E-state index in [0.29, 0.717) is 12.1 Å². The number of nitrogens with zero attached hydrogens (tertiary/aromatic N) is 2. The van der Waals surface area contributed by atoms with Crippen LogP contribution in [0.15, 0.2) is 60.7 Å². The molecule has 3 aromatic carbocycles. The molecule has 1 atom stereocenters. The Bertz CT molecular complexity index is 1250. The summed E-state index contributed by atoms with van der Waals surface area (Å²) in [7, 11) is 4.00. The fourth-order valence-electron chi connectivity index (χ4n) is 4.33. The Morgan fingerprint density at radius 3 is 2.55 bits per heavy atom. The fraction of sp³-hybridized carbons (Fsp3) is 0.269. The fourth-order valence-corrected chi connectivity index (χ4v) is 4.33. The Labute approximate surface area is 182 Å². The van der Waals surface area contributed by atoms with Gasteiger partial charge in [0, 0.05) is 23.2 Å². The van der Waals surface area contributed by atoms with E-state index in [-0.39, 0.29) is 18.7 Å². The summed E-state index contributed by atoms with van der Waals surface area (Å²) in [5, 5.41) is 16.5. The second kappa shape index (κ2) is 8.53. The van der Waals surface area contributed by atoms with Crippen molar-refractivity contribution in [2.75, 3.05) is 14.1 Å². The molecule has 0 spiro atoms. The molecule has 0 aliphatic carbocycles. The van der Waals surface area contributed by atoms with E-state index in [1.54, 1.807) is 0 Å². The van der Waals surface area contributed by atoms with Gasteiger partial charge >= 0.3 is 0 Å². The molecule has 5 nitrogen and oxygen atoms in total. The van der Waals surface area contributed by atoms with Crippen LogP contribution in [0.4, 0.5) is 0 Å². The van der Waals surface area contributed by atoms with Crippen molar-refractivity contribution in [2.24, 2.45) is 0 Å². The van der Waals surface area contributed by atoms with Crippen LogP contribution < -0.4 is 5.32 Å². The van der Waals surface area contributed by atoms with Crippen LogP contribution >= 0.6 is 0 Å². The summed E-state index contributed by atoms with van der Waals surface area (Å²) in [6, 6.07) is 20.3. The van der Waals surface area contributed by atoms with E-state index >= 15 is 0 Å². The summed E-state index contributed by atoms with van der Waals surface area (Å²) < 4.78 is 1.86. The zero-order valence-electron chi connectivity index (χ0n) is 18.5. The highest BCUT2D eigenvalue weighted by molar-refractivity contribution is 6.00. The number of aryl methyl sites for hydroxylation is 1. The monoisotopic (exact) mass is 415 g/mol. The maximum absolute atomic E-state index is 13.2. The van der Waals surface area contributed by atoms with Crippen molar-refractivity contribution in [2.45, 2.75) is 33.2 Å². The van der Waals surface area contributed by atoms with Gasteiger partial charge in [0.05, 0.1) is 11.6 Å². The molecule has 4 rings (SSSR count). The van der Waals surface area contributed by atoms with Crippen molar-refractivity contribution < 1.29 is 9.90 Å². The third-order valence-electron chi connectivity index (χ3n) is 5.84. The summed E-state index contributed by atoms with van der Waals surface area (Å²) >= 11 is 0. The normalized spacial score (nSPS) is 12.6. The van der Waals surface area contributed by atoms with Crippen molar-refractivity contribution in [1.29, 1.82) is 0 Å². The number of benzene rings is 3. The maximum Gasteiger partial charge on any atom is 0.252 e. The minimum Gasteiger partial charge on any atom is -0.376 e. The zero-order valence-corrected chi connectivity index (χ0v) is 18.5. The average molecular weight is 416 g/mol. The van der Waals surface area contributed by atoms with Gasteiger partial charge in [-0.15, -0.1) is 0 Å². The van der Waals surface area contributed by atoms with Crippen LogP contribution in [0.25, 0.3) is 21.7 Å². The van der Waals surface area contributed by atoms with Crippen LogP contribution in [0.3, 0.4) is 0 Å². The average Bonchev–Trinajstić information content (AvgIpc) is 3.07. The molecule has 0 saturated heterocycles. The van der Waals surface area contributed by atoms with E-state index in [1.165, 1.54) is 0 Å². The summed E-state index contributed by atoms with van der Waals surface area (Å²) in [5.74, 6) is -0.111. The lowest BCUT2D eigenvalue weighted by Gasteiger charge is -2.18. The van der Waals surface area contributed by atoms with Crippen molar-refractivity contribution in [3.63, 3.8) is 0 Å². The molecule has 0 bridgehead atoms. The van der Waals surface area contributed by atoms with Crippen molar-refractivity contribution in [1.82, 2.24) is 14.8 Å². The molecule has 2 N–H and O–H groups in total. The third-order valence-corrected chi connectivity index (χ3v) is 5.84. The van der Waals surface area contributed by atoms with E-state index in [2.05, 4.69) is 40.5 Å². The number of aliphatic hydroxyl groups is 1. The van der Waals surface area contributed by atoms with Crippen LogP contribution in [0, 0.1) is 6.92 Å². The van der Waals surface area contributed by atoms with Crippen molar-refractivity contribution in [3.05, 3.63) is 83.0 Å². The van der Waals surface area contributed by atoms with Gasteiger partial charge in [-0.1, -0.05) is 42.5 Å². The molecule has 0 aliphatic rings. The lowest BCUT2D eigenvalue weighted by Crippen LogP contribution is -2.27. The minimum absolute atomic E-state index is 0.111. The quantitative estimate of drug-likeness (QED) is 0.484. The van der Waals surface area contributed by atoms with Crippen molar-refractivity contribution >= 4 is 27.6 Å². The Hall–Kier alpha value is -3.15. The number of carbonyl (C=O) groups excluding carboxylic acids is 1. The van der Waals surface area contributed by atoms with Crippen LogP contribution in [0.1, 0.15) is 40.1 Å². The third kappa shape index (κ3) is 4.07. The summed E-state index contributed by atoms with van der Waals surface area (Å²) in [5.41, 5.74) is 4.53. The van der Waals surface area contributed by atoms with Gasteiger partial charge in [-0.3, -0.25) is 4.79 Å². The molecule has 0 radical (unpaired) electrons. The molecule has 31 heavy (non-hydrogen) atoms. The van der Waals surface area contributed by atoms with Gasteiger partial charge in [-0.2, -0.15) is 0 Å². The van der Waals surface area contributed by atoms with Crippen LogP contribution in [-0.2, 0) is 13.3 Å². The summed E-state index contributed by atoms with van der Waals surface area (Å²) in [6.45, 7) is 4.56. The predicted octanol–water partition coefficient (Wildman–Crippen LogP) is 4.61. The highest BCUT2D eigenvalue weighted by Crippen LogP contribution is 2.27. The molecular weight excluding hydrogens is 386 g/mol. The first kappa shape index (κ1) is 21.1. The van der Waals surface area contributed by atoms with E-state index in [9.17, 15) is 9.90 Å². The number of aliphatic hydroxyl groups excluding tert-OH is 1. The first-order chi connectivity index (χ1) is 14.9.